The van der Waals surface area contributed by atoms with E-state index in [2.05, 4.69) is 25.1 Å². The van der Waals surface area contributed by atoms with E-state index in [1.165, 1.54) is 17.5 Å². The highest BCUT2D eigenvalue weighted by Crippen LogP contribution is 2.35. The Morgan fingerprint density at radius 1 is 1.46 bits per heavy atom. The van der Waals surface area contributed by atoms with Crippen LogP contribution in [0.3, 0.4) is 0 Å². The molecule has 1 heteroatoms. The second kappa shape index (κ2) is 2.88. The summed E-state index contributed by atoms with van der Waals surface area (Å²) in [4.78, 5) is 0. The van der Waals surface area contributed by atoms with Crippen molar-refractivity contribution in [2.45, 2.75) is 32.6 Å². The number of nitriles is 1. The molecule has 0 saturated carbocycles. The average molecular weight is 171 g/mol. The number of rotatable bonds is 0. The third-order valence-corrected chi connectivity index (χ3v) is 3.00. The summed E-state index contributed by atoms with van der Waals surface area (Å²) in [7, 11) is 0. The maximum absolute atomic E-state index is 9.05. The summed E-state index contributed by atoms with van der Waals surface area (Å²) in [5.41, 5.74) is 4.73. The topological polar surface area (TPSA) is 23.8 Å². The fourth-order valence-electron chi connectivity index (χ4n) is 2.22. The fourth-order valence-corrected chi connectivity index (χ4v) is 2.22. The molecule has 0 bridgehead atoms. The zero-order valence-electron chi connectivity index (χ0n) is 8.09. The number of nitrogens with zero attached hydrogens (tertiary/aromatic N) is 1. The number of fused-ring (bicyclic) bond motifs is 1. The molecular formula is C12H13N. The predicted molar refractivity (Wildman–Crippen MR) is 52.6 cm³/mol. The molecular weight excluding hydrogens is 158 g/mol. The smallest absolute Gasteiger partial charge is 0.0997 e. The molecule has 1 nitrogen and oxygen atoms in total. The molecule has 66 valence electrons. The van der Waals surface area contributed by atoms with Gasteiger partial charge in [-0.3, -0.25) is 0 Å². The van der Waals surface area contributed by atoms with Gasteiger partial charge < -0.3 is 0 Å². The Balaban J connectivity index is 2.69. The summed E-state index contributed by atoms with van der Waals surface area (Å²) in [6.45, 7) is 4.23. The molecule has 0 heterocycles. The summed E-state index contributed by atoms with van der Waals surface area (Å²) < 4.78 is 0. The quantitative estimate of drug-likeness (QED) is 0.588. The maximum atomic E-state index is 9.05. The number of benzene rings is 1. The molecule has 0 spiro atoms. The van der Waals surface area contributed by atoms with Crippen LogP contribution >= 0.6 is 0 Å². The minimum absolute atomic E-state index is 0.574. The molecule has 0 fully saturated rings. The third kappa shape index (κ3) is 1.14. The molecule has 0 aromatic heterocycles. The summed E-state index contributed by atoms with van der Waals surface area (Å²) >= 11 is 0. The van der Waals surface area contributed by atoms with E-state index in [9.17, 15) is 0 Å². The molecule has 1 aliphatic rings. The second-order valence-electron chi connectivity index (χ2n) is 3.88. The Bertz CT molecular complexity index is 385. The first-order valence-corrected chi connectivity index (χ1v) is 4.76. The largest absolute Gasteiger partial charge is 0.192 e. The lowest BCUT2D eigenvalue weighted by Gasteiger charge is -2.08. The molecule has 0 aliphatic heterocycles. The lowest BCUT2D eigenvalue weighted by Crippen LogP contribution is -1.95. The van der Waals surface area contributed by atoms with Crippen molar-refractivity contribution >= 4 is 0 Å². The molecule has 1 aromatic rings. The van der Waals surface area contributed by atoms with E-state index in [0.717, 1.165) is 17.5 Å². The molecule has 1 unspecified atom stereocenters. The molecule has 0 N–H and O–H groups in total. The molecule has 0 radical (unpaired) electrons. The first-order chi connectivity index (χ1) is 6.24. The van der Waals surface area contributed by atoms with E-state index in [1.807, 2.05) is 6.92 Å². The standard InChI is InChI=1S/C12H13N/c1-8-3-5-10-6-4-9(2)12(10)11(8)7-13/h3,5,9H,4,6H2,1-2H3. The van der Waals surface area contributed by atoms with E-state index >= 15 is 0 Å². The Labute approximate surface area is 79.0 Å². The summed E-state index contributed by atoms with van der Waals surface area (Å²) in [6.07, 6.45) is 2.35. The Morgan fingerprint density at radius 2 is 2.23 bits per heavy atom. The van der Waals surface area contributed by atoms with Crippen molar-refractivity contribution < 1.29 is 0 Å². The van der Waals surface area contributed by atoms with Gasteiger partial charge in [0.2, 0.25) is 0 Å². The molecule has 1 atom stereocenters. The SMILES string of the molecule is Cc1ccc2c(c1C#N)C(C)CC2. The maximum Gasteiger partial charge on any atom is 0.0997 e. The first-order valence-electron chi connectivity index (χ1n) is 4.76. The molecule has 13 heavy (non-hydrogen) atoms. The van der Waals surface area contributed by atoms with E-state index < -0.39 is 0 Å². The molecule has 2 rings (SSSR count). The van der Waals surface area contributed by atoms with Crippen molar-refractivity contribution in [3.05, 3.63) is 34.4 Å². The van der Waals surface area contributed by atoms with Gasteiger partial charge in [0.1, 0.15) is 0 Å². The van der Waals surface area contributed by atoms with Gasteiger partial charge in [-0.2, -0.15) is 5.26 Å². The summed E-state index contributed by atoms with van der Waals surface area (Å²) in [5, 5.41) is 9.05. The highest BCUT2D eigenvalue weighted by Gasteiger charge is 2.22. The lowest BCUT2D eigenvalue weighted by molar-refractivity contribution is 0.745. The number of hydrogen-bond donors (Lipinski definition) is 0. The number of hydrogen-bond acceptors (Lipinski definition) is 1. The highest BCUT2D eigenvalue weighted by atomic mass is 14.3. The van der Waals surface area contributed by atoms with E-state index in [-0.39, 0.29) is 0 Å². The lowest BCUT2D eigenvalue weighted by atomic mass is 9.94. The van der Waals surface area contributed by atoms with Crippen LogP contribution in [0.15, 0.2) is 12.1 Å². The van der Waals surface area contributed by atoms with Gasteiger partial charge in [0, 0.05) is 0 Å². The third-order valence-electron chi connectivity index (χ3n) is 3.00. The molecule has 1 aliphatic carbocycles. The Hall–Kier alpha value is -1.29. The van der Waals surface area contributed by atoms with E-state index in [4.69, 9.17) is 5.26 Å². The van der Waals surface area contributed by atoms with Gasteiger partial charge in [0.15, 0.2) is 0 Å². The molecule has 1 aromatic carbocycles. The molecule has 0 saturated heterocycles. The van der Waals surface area contributed by atoms with Crippen LogP contribution in [0.4, 0.5) is 0 Å². The normalized spacial score (nSPS) is 19.6. The minimum atomic E-state index is 0.574. The van der Waals surface area contributed by atoms with Gasteiger partial charge in [0.05, 0.1) is 11.6 Å². The van der Waals surface area contributed by atoms with Crippen molar-refractivity contribution in [3.8, 4) is 6.07 Å². The molecule has 0 amide bonds. The summed E-state index contributed by atoms with van der Waals surface area (Å²) in [6, 6.07) is 6.57. The monoisotopic (exact) mass is 171 g/mol. The van der Waals surface area contributed by atoms with E-state index in [1.54, 1.807) is 0 Å². The Morgan fingerprint density at radius 3 is 2.92 bits per heavy atom. The van der Waals surface area contributed by atoms with Crippen molar-refractivity contribution in [1.29, 1.82) is 5.26 Å². The van der Waals surface area contributed by atoms with Crippen LogP contribution in [0.1, 0.15) is 41.5 Å². The highest BCUT2D eigenvalue weighted by molar-refractivity contribution is 5.51. The zero-order chi connectivity index (χ0) is 9.42. The fraction of sp³-hybridized carbons (Fsp3) is 0.417. The first kappa shape index (κ1) is 8.31. The van der Waals surface area contributed by atoms with Crippen molar-refractivity contribution in [3.63, 3.8) is 0 Å². The summed E-state index contributed by atoms with van der Waals surface area (Å²) in [5.74, 6) is 0.574. The second-order valence-corrected chi connectivity index (χ2v) is 3.88. The van der Waals surface area contributed by atoms with E-state index in [0.29, 0.717) is 5.92 Å². The van der Waals surface area contributed by atoms with Gasteiger partial charge in [-0.15, -0.1) is 0 Å². The van der Waals surface area contributed by atoms with Crippen LogP contribution in [0, 0.1) is 18.3 Å². The van der Waals surface area contributed by atoms with Gasteiger partial charge in [-0.05, 0) is 42.4 Å². The van der Waals surface area contributed by atoms with Gasteiger partial charge in [-0.25, -0.2) is 0 Å². The zero-order valence-corrected chi connectivity index (χ0v) is 8.09. The minimum Gasteiger partial charge on any atom is -0.192 e. The average Bonchev–Trinajstić information content (AvgIpc) is 2.49. The van der Waals surface area contributed by atoms with Crippen molar-refractivity contribution in [2.75, 3.05) is 0 Å². The van der Waals surface area contributed by atoms with Crippen LogP contribution in [0.5, 0.6) is 0 Å². The van der Waals surface area contributed by atoms with Crippen molar-refractivity contribution in [2.24, 2.45) is 0 Å². The van der Waals surface area contributed by atoms with Gasteiger partial charge >= 0.3 is 0 Å². The van der Waals surface area contributed by atoms with Crippen LogP contribution in [0.2, 0.25) is 0 Å². The van der Waals surface area contributed by atoms with Crippen LogP contribution < -0.4 is 0 Å². The van der Waals surface area contributed by atoms with Crippen molar-refractivity contribution in [1.82, 2.24) is 0 Å². The Kier molecular flexibility index (Phi) is 1.84. The van der Waals surface area contributed by atoms with Gasteiger partial charge in [0.25, 0.3) is 0 Å². The number of aryl methyl sites for hydroxylation is 2. The van der Waals surface area contributed by atoms with Crippen LogP contribution in [-0.2, 0) is 6.42 Å². The van der Waals surface area contributed by atoms with Crippen LogP contribution in [0.25, 0.3) is 0 Å². The van der Waals surface area contributed by atoms with Crippen LogP contribution in [-0.4, -0.2) is 0 Å². The predicted octanol–water partition coefficient (Wildman–Crippen LogP) is 2.92. The van der Waals surface area contributed by atoms with Gasteiger partial charge in [-0.1, -0.05) is 19.1 Å².